The fraction of sp³-hybridized carbons (Fsp3) is 0.294. The highest BCUT2D eigenvalue weighted by atomic mass is 16.5. The second-order valence-corrected chi connectivity index (χ2v) is 4.95. The molecule has 1 unspecified atom stereocenters. The van der Waals surface area contributed by atoms with Gasteiger partial charge in [0, 0.05) is 0 Å². The lowest BCUT2D eigenvalue weighted by atomic mass is 9.94. The molecule has 19 heavy (non-hydrogen) atoms. The van der Waals surface area contributed by atoms with Gasteiger partial charge in [-0.1, -0.05) is 42.5 Å². The van der Waals surface area contributed by atoms with E-state index < -0.39 is 0 Å². The van der Waals surface area contributed by atoms with E-state index in [1.807, 2.05) is 7.05 Å². The third kappa shape index (κ3) is 2.55. The maximum Gasteiger partial charge on any atom is 0.0661 e. The first-order valence-corrected chi connectivity index (χ1v) is 6.82. The van der Waals surface area contributed by atoms with Crippen LogP contribution in [-0.4, -0.2) is 20.3 Å². The first kappa shape index (κ1) is 12.4. The monoisotopic (exact) mass is 253 g/mol. The van der Waals surface area contributed by atoms with Crippen molar-refractivity contribution in [3.05, 3.63) is 59.7 Å². The molecular weight excluding hydrogens is 234 g/mol. The number of hydrogen-bond donors (Lipinski definition) is 1. The van der Waals surface area contributed by atoms with Gasteiger partial charge in [0.1, 0.15) is 0 Å². The Labute approximate surface area is 114 Å². The zero-order valence-corrected chi connectivity index (χ0v) is 11.2. The first-order valence-electron chi connectivity index (χ1n) is 6.82. The van der Waals surface area contributed by atoms with Crippen molar-refractivity contribution in [1.29, 1.82) is 0 Å². The zero-order chi connectivity index (χ0) is 13.1. The van der Waals surface area contributed by atoms with Gasteiger partial charge in [0.2, 0.25) is 0 Å². The number of ether oxygens (including phenoxy) is 1. The molecule has 1 N–H and O–H groups in total. The second kappa shape index (κ2) is 5.55. The van der Waals surface area contributed by atoms with E-state index in [1.54, 1.807) is 0 Å². The molecule has 0 saturated heterocycles. The molecular formula is C17H19NO. The van der Waals surface area contributed by atoms with Gasteiger partial charge in [-0.25, -0.2) is 0 Å². The Balaban J connectivity index is 2.04. The van der Waals surface area contributed by atoms with Gasteiger partial charge in [-0.3, -0.25) is 0 Å². The summed E-state index contributed by atoms with van der Waals surface area (Å²) in [5.74, 6) is 0. The molecule has 1 atom stereocenters. The summed E-state index contributed by atoms with van der Waals surface area (Å²) < 4.78 is 5.66. The highest BCUT2D eigenvalue weighted by Crippen LogP contribution is 2.28. The third-order valence-corrected chi connectivity index (χ3v) is 3.78. The van der Waals surface area contributed by atoms with Crippen LogP contribution in [0.5, 0.6) is 0 Å². The molecule has 0 saturated carbocycles. The van der Waals surface area contributed by atoms with E-state index in [0.29, 0.717) is 6.04 Å². The minimum atomic E-state index is 0.293. The highest BCUT2D eigenvalue weighted by Gasteiger charge is 2.18. The Morgan fingerprint density at radius 1 is 1.05 bits per heavy atom. The van der Waals surface area contributed by atoms with E-state index >= 15 is 0 Å². The summed E-state index contributed by atoms with van der Waals surface area (Å²) in [5.41, 5.74) is 5.32. The van der Waals surface area contributed by atoms with Crippen LogP contribution >= 0.6 is 0 Å². The number of nitrogens with one attached hydrogen (secondary N) is 1. The second-order valence-electron chi connectivity index (χ2n) is 4.95. The van der Waals surface area contributed by atoms with Crippen LogP contribution in [0.1, 0.15) is 17.2 Å². The number of fused-ring (bicyclic) bond motifs is 1. The van der Waals surface area contributed by atoms with Crippen LogP contribution in [0.2, 0.25) is 0 Å². The highest BCUT2D eigenvalue weighted by molar-refractivity contribution is 5.65. The fourth-order valence-electron chi connectivity index (χ4n) is 2.67. The third-order valence-electron chi connectivity index (χ3n) is 3.78. The predicted molar refractivity (Wildman–Crippen MR) is 78.2 cm³/mol. The van der Waals surface area contributed by atoms with Gasteiger partial charge in [-0.15, -0.1) is 0 Å². The molecule has 2 aromatic rings. The molecule has 0 radical (unpaired) electrons. The van der Waals surface area contributed by atoms with Crippen molar-refractivity contribution in [1.82, 2.24) is 5.32 Å². The topological polar surface area (TPSA) is 21.3 Å². The van der Waals surface area contributed by atoms with Crippen molar-refractivity contribution in [2.45, 2.75) is 12.5 Å². The number of rotatable bonds is 2. The standard InChI is InChI=1S/C17H19NO/c1-18-17-12-19-10-9-14-7-8-15(11-16(14)17)13-5-3-2-4-6-13/h2-8,11,17-18H,9-10,12H2,1H3. The number of likely N-dealkylation sites (N-methyl/N-ethyl adjacent to an activating group) is 1. The summed E-state index contributed by atoms with van der Waals surface area (Å²) in [6, 6.07) is 17.6. The fourth-order valence-corrected chi connectivity index (χ4v) is 2.67. The molecule has 3 rings (SSSR count). The van der Waals surface area contributed by atoms with Crippen molar-refractivity contribution in [3.8, 4) is 11.1 Å². The van der Waals surface area contributed by atoms with Crippen molar-refractivity contribution in [3.63, 3.8) is 0 Å². The maximum atomic E-state index is 5.66. The van der Waals surface area contributed by atoms with Gasteiger partial charge in [0.05, 0.1) is 19.3 Å². The summed E-state index contributed by atoms with van der Waals surface area (Å²) in [7, 11) is 2.00. The van der Waals surface area contributed by atoms with Gasteiger partial charge in [0.25, 0.3) is 0 Å². The van der Waals surface area contributed by atoms with E-state index in [0.717, 1.165) is 19.6 Å². The summed E-state index contributed by atoms with van der Waals surface area (Å²) in [4.78, 5) is 0. The Hall–Kier alpha value is -1.64. The maximum absolute atomic E-state index is 5.66. The van der Waals surface area contributed by atoms with Crippen LogP contribution in [0.3, 0.4) is 0 Å². The minimum Gasteiger partial charge on any atom is -0.379 e. The van der Waals surface area contributed by atoms with Crippen LogP contribution in [0.4, 0.5) is 0 Å². The van der Waals surface area contributed by atoms with Gasteiger partial charge in [0.15, 0.2) is 0 Å². The summed E-state index contributed by atoms with van der Waals surface area (Å²) in [6.07, 6.45) is 1.00. The quantitative estimate of drug-likeness (QED) is 0.887. The molecule has 0 spiro atoms. The molecule has 2 nitrogen and oxygen atoms in total. The van der Waals surface area contributed by atoms with Crippen molar-refractivity contribution >= 4 is 0 Å². The SMILES string of the molecule is CNC1COCCc2ccc(-c3ccccc3)cc21. The van der Waals surface area contributed by atoms with Crippen molar-refractivity contribution < 1.29 is 4.74 Å². The number of benzene rings is 2. The zero-order valence-electron chi connectivity index (χ0n) is 11.2. The Morgan fingerprint density at radius 3 is 2.68 bits per heavy atom. The van der Waals surface area contributed by atoms with Gasteiger partial charge in [-0.2, -0.15) is 0 Å². The molecule has 0 bridgehead atoms. The van der Waals surface area contributed by atoms with Crippen LogP contribution in [-0.2, 0) is 11.2 Å². The molecule has 0 aromatic heterocycles. The molecule has 1 heterocycles. The Kier molecular flexibility index (Phi) is 3.62. The van der Waals surface area contributed by atoms with E-state index in [4.69, 9.17) is 4.74 Å². The molecule has 0 aliphatic carbocycles. The van der Waals surface area contributed by atoms with Crippen LogP contribution in [0, 0.1) is 0 Å². The molecule has 2 heteroatoms. The average Bonchev–Trinajstić information content (AvgIpc) is 2.69. The van der Waals surface area contributed by atoms with E-state index in [1.165, 1.54) is 22.3 Å². The normalized spacial score (nSPS) is 18.7. The van der Waals surface area contributed by atoms with Crippen molar-refractivity contribution in [2.75, 3.05) is 20.3 Å². The molecule has 2 aromatic carbocycles. The molecule has 0 fully saturated rings. The summed E-state index contributed by atoms with van der Waals surface area (Å²) >= 11 is 0. The van der Waals surface area contributed by atoms with Crippen LogP contribution < -0.4 is 5.32 Å². The first-order chi connectivity index (χ1) is 9.38. The summed E-state index contributed by atoms with van der Waals surface area (Å²) in [6.45, 7) is 1.57. The summed E-state index contributed by atoms with van der Waals surface area (Å²) in [5, 5.41) is 3.35. The average molecular weight is 253 g/mol. The minimum absolute atomic E-state index is 0.293. The Bertz CT molecular complexity index is 550. The van der Waals surface area contributed by atoms with Crippen LogP contribution in [0.25, 0.3) is 11.1 Å². The predicted octanol–water partition coefficient (Wildman–Crippen LogP) is 3.19. The van der Waals surface area contributed by atoms with E-state index in [-0.39, 0.29) is 0 Å². The van der Waals surface area contributed by atoms with Gasteiger partial charge < -0.3 is 10.1 Å². The van der Waals surface area contributed by atoms with Crippen LogP contribution in [0.15, 0.2) is 48.5 Å². The number of hydrogen-bond acceptors (Lipinski definition) is 2. The lowest BCUT2D eigenvalue weighted by Gasteiger charge is -2.17. The lowest BCUT2D eigenvalue weighted by molar-refractivity contribution is 0.123. The lowest BCUT2D eigenvalue weighted by Crippen LogP contribution is -2.21. The largest absolute Gasteiger partial charge is 0.379 e. The van der Waals surface area contributed by atoms with Gasteiger partial charge in [-0.05, 0) is 41.8 Å². The molecule has 1 aliphatic heterocycles. The molecule has 98 valence electrons. The van der Waals surface area contributed by atoms with Crippen molar-refractivity contribution in [2.24, 2.45) is 0 Å². The molecule has 1 aliphatic rings. The van der Waals surface area contributed by atoms with Gasteiger partial charge >= 0.3 is 0 Å². The van der Waals surface area contributed by atoms with E-state index in [9.17, 15) is 0 Å². The molecule has 0 amide bonds. The smallest absolute Gasteiger partial charge is 0.0661 e. The van der Waals surface area contributed by atoms with E-state index in [2.05, 4.69) is 53.8 Å². The Morgan fingerprint density at radius 2 is 1.89 bits per heavy atom.